The molecular formula is C28H36N4O5. The molecule has 37 heavy (non-hydrogen) atoms. The molecule has 1 aliphatic rings. The lowest BCUT2D eigenvalue weighted by Crippen LogP contribution is -2.53. The molecule has 1 aliphatic carbocycles. The van der Waals surface area contributed by atoms with Crippen LogP contribution in [0.1, 0.15) is 63.6 Å². The molecule has 0 bridgehead atoms. The Morgan fingerprint density at radius 3 is 2.22 bits per heavy atom. The number of hydrogen-bond acceptors (Lipinski definition) is 5. The molecule has 0 saturated heterocycles. The first kappa shape index (κ1) is 27.7. The minimum absolute atomic E-state index is 0.0163. The first-order valence-corrected chi connectivity index (χ1v) is 12.5. The Bertz CT molecular complexity index is 1120. The Balaban J connectivity index is 1.96. The van der Waals surface area contributed by atoms with Crippen LogP contribution in [0.3, 0.4) is 0 Å². The van der Waals surface area contributed by atoms with Gasteiger partial charge in [0.05, 0.1) is 0 Å². The van der Waals surface area contributed by atoms with Crippen molar-refractivity contribution < 1.29 is 23.9 Å². The Morgan fingerprint density at radius 1 is 1.03 bits per heavy atom. The molecule has 4 N–H and O–H groups in total. The van der Waals surface area contributed by atoms with E-state index in [2.05, 4.69) is 10.6 Å². The highest BCUT2D eigenvalue weighted by Crippen LogP contribution is 2.36. The summed E-state index contributed by atoms with van der Waals surface area (Å²) in [6.07, 6.45) is 0.531. The van der Waals surface area contributed by atoms with Gasteiger partial charge in [-0.1, -0.05) is 48.5 Å². The van der Waals surface area contributed by atoms with Crippen molar-refractivity contribution in [2.24, 2.45) is 5.73 Å². The fourth-order valence-corrected chi connectivity index (χ4v) is 4.03. The Morgan fingerprint density at radius 2 is 1.65 bits per heavy atom. The first-order chi connectivity index (χ1) is 17.5. The van der Waals surface area contributed by atoms with Crippen LogP contribution in [0.4, 0.5) is 10.5 Å². The molecule has 2 atom stereocenters. The van der Waals surface area contributed by atoms with Gasteiger partial charge in [-0.05, 0) is 64.2 Å². The number of aryl methyl sites for hydroxylation is 1. The van der Waals surface area contributed by atoms with Gasteiger partial charge in [-0.25, -0.2) is 4.79 Å². The number of anilines is 1. The number of benzene rings is 2. The Kier molecular flexibility index (Phi) is 8.91. The second kappa shape index (κ2) is 11.9. The van der Waals surface area contributed by atoms with Crippen molar-refractivity contribution in [3.63, 3.8) is 0 Å². The third kappa shape index (κ3) is 8.06. The summed E-state index contributed by atoms with van der Waals surface area (Å²) in [5.74, 6) is -1.44. The van der Waals surface area contributed by atoms with Gasteiger partial charge in [-0.2, -0.15) is 0 Å². The second-order valence-electron chi connectivity index (χ2n) is 10.3. The zero-order valence-corrected chi connectivity index (χ0v) is 21.8. The van der Waals surface area contributed by atoms with Crippen molar-refractivity contribution >= 4 is 29.5 Å². The average molecular weight is 509 g/mol. The molecule has 0 radical (unpaired) electrons. The molecule has 3 rings (SSSR count). The third-order valence-corrected chi connectivity index (χ3v) is 5.91. The molecule has 9 nitrogen and oxygen atoms in total. The number of para-hydroxylation sites is 1. The van der Waals surface area contributed by atoms with Crippen molar-refractivity contribution in [1.29, 1.82) is 0 Å². The Labute approximate surface area is 217 Å². The van der Waals surface area contributed by atoms with Crippen molar-refractivity contribution in [3.8, 4) is 0 Å². The summed E-state index contributed by atoms with van der Waals surface area (Å²) in [4.78, 5) is 53.4. The molecule has 2 aromatic carbocycles. The monoisotopic (exact) mass is 508 g/mol. The quantitative estimate of drug-likeness (QED) is 0.449. The van der Waals surface area contributed by atoms with Crippen LogP contribution in [0.5, 0.6) is 0 Å². The van der Waals surface area contributed by atoms with Gasteiger partial charge in [0.15, 0.2) is 0 Å². The number of hydrogen-bond donors (Lipinski definition) is 3. The maximum absolute atomic E-state index is 14.0. The van der Waals surface area contributed by atoms with Gasteiger partial charge in [0, 0.05) is 18.2 Å². The predicted molar refractivity (Wildman–Crippen MR) is 140 cm³/mol. The van der Waals surface area contributed by atoms with E-state index in [0.29, 0.717) is 11.3 Å². The average Bonchev–Trinajstić information content (AvgIpc) is 3.65. The summed E-state index contributed by atoms with van der Waals surface area (Å²) in [7, 11) is 0. The van der Waals surface area contributed by atoms with E-state index in [1.54, 1.807) is 39.0 Å². The zero-order valence-electron chi connectivity index (χ0n) is 21.8. The molecule has 1 fully saturated rings. The van der Waals surface area contributed by atoms with Crippen LogP contribution in [0, 0.1) is 6.92 Å². The number of ether oxygens (including phenoxy) is 1. The molecule has 4 amide bonds. The van der Waals surface area contributed by atoms with Crippen molar-refractivity contribution in [2.75, 3.05) is 5.32 Å². The van der Waals surface area contributed by atoms with Gasteiger partial charge < -0.3 is 26.0 Å². The maximum atomic E-state index is 14.0. The first-order valence-electron chi connectivity index (χ1n) is 12.5. The van der Waals surface area contributed by atoms with Gasteiger partial charge in [-0.3, -0.25) is 14.4 Å². The van der Waals surface area contributed by atoms with Crippen LogP contribution in [0.25, 0.3) is 0 Å². The van der Waals surface area contributed by atoms with E-state index in [9.17, 15) is 19.2 Å². The van der Waals surface area contributed by atoms with Gasteiger partial charge in [0.25, 0.3) is 5.91 Å². The summed E-state index contributed by atoms with van der Waals surface area (Å²) in [6.45, 7) is 7.03. The number of nitrogens with two attached hydrogens (primary N) is 1. The lowest BCUT2D eigenvalue weighted by Gasteiger charge is -2.34. The van der Waals surface area contributed by atoms with E-state index in [1.807, 2.05) is 43.3 Å². The third-order valence-electron chi connectivity index (χ3n) is 5.91. The summed E-state index contributed by atoms with van der Waals surface area (Å²) in [6, 6.07) is 14.2. The topological polar surface area (TPSA) is 131 Å². The van der Waals surface area contributed by atoms with E-state index in [-0.39, 0.29) is 24.8 Å². The van der Waals surface area contributed by atoms with Gasteiger partial charge >= 0.3 is 6.09 Å². The van der Waals surface area contributed by atoms with Crippen LogP contribution in [-0.2, 0) is 19.1 Å². The summed E-state index contributed by atoms with van der Waals surface area (Å²) in [5, 5.41) is 5.57. The van der Waals surface area contributed by atoms with Gasteiger partial charge in [0.2, 0.25) is 11.8 Å². The lowest BCUT2D eigenvalue weighted by atomic mass is 10.0. The maximum Gasteiger partial charge on any atom is 0.408 e. The van der Waals surface area contributed by atoms with E-state index in [0.717, 1.165) is 18.4 Å². The molecule has 1 saturated carbocycles. The molecule has 0 heterocycles. The molecule has 9 heteroatoms. The molecule has 2 unspecified atom stereocenters. The molecule has 0 spiro atoms. The number of rotatable bonds is 10. The number of primary amides is 1. The number of amides is 4. The number of carbonyl (C=O) groups excluding carboxylic acids is 4. The van der Waals surface area contributed by atoms with E-state index in [1.165, 1.54) is 4.90 Å². The van der Waals surface area contributed by atoms with E-state index < -0.39 is 35.6 Å². The van der Waals surface area contributed by atoms with E-state index in [4.69, 9.17) is 10.5 Å². The molecular weight excluding hydrogens is 472 g/mol. The highest BCUT2D eigenvalue weighted by molar-refractivity contribution is 5.99. The fourth-order valence-electron chi connectivity index (χ4n) is 4.03. The smallest absolute Gasteiger partial charge is 0.408 e. The summed E-state index contributed by atoms with van der Waals surface area (Å²) in [5.41, 5.74) is 6.74. The van der Waals surface area contributed by atoms with E-state index >= 15 is 0 Å². The second-order valence-corrected chi connectivity index (χ2v) is 10.3. The van der Waals surface area contributed by atoms with Crippen LogP contribution < -0.4 is 16.4 Å². The highest BCUT2D eigenvalue weighted by Gasteiger charge is 2.44. The minimum Gasteiger partial charge on any atom is -0.444 e. The highest BCUT2D eigenvalue weighted by atomic mass is 16.6. The molecule has 198 valence electrons. The zero-order chi connectivity index (χ0) is 27.2. The number of alkyl carbamates (subject to hydrolysis) is 1. The summed E-state index contributed by atoms with van der Waals surface area (Å²) >= 11 is 0. The molecule has 0 aliphatic heterocycles. The molecule has 0 aromatic heterocycles. The summed E-state index contributed by atoms with van der Waals surface area (Å²) < 4.78 is 5.35. The lowest BCUT2D eigenvalue weighted by molar-refractivity contribution is -0.141. The largest absolute Gasteiger partial charge is 0.444 e. The SMILES string of the molecule is Cc1ccccc1NC(=O)C(c1ccccc1)N(C(=O)C(CCC(N)=O)NC(=O)OC(C)(C)C)C1CC1. The Hall–Kier alpha value is -3.88. The minimum atomic E-state index is -1.10. The normalized spacial score (nSPS) is 14.7. The van der Waals surface area contributed by atoms with Crippen LogP contribution in [-0.4, -0.2) is 46.4 Å². The number of nitrogens with zero attached hydrogens (tertiary/aromatic N) is 1. The van der Waals surface area contributed by atoms with Gasteiger partial charge in [0.1, 0.15) is 17.7 Å². The standard InChI is InChI=1S/C28H36N4O5/c1-18-10-8-9-13-21(18)30-25(34)24(19-11-6-5-7-12-19)32(20-14-15-20)26(35)22(16-17-23(29)33)31-27(36)37-28(2,3)4/h5-13,20,22,24H,14-17H2,1-4H3,(H2,29,33)(H,30,34)(H,31,36). The van der Waals surface area contributed by atoms with Crippen LogP contribution in [0.15, 0.2) is 54.6 Å². The van der Waals surface area contributed by atoms with Crippen LogP contribution in [0.2, 0.25) is 0 Å². The number of carbonyl (C=O) groups is 4. The fraction of sp³-hybridized carbons (Fsp3) is 0.429. The van der Waals surface area contributed by atoms with Crippen molar-refractivity contribution in [2.45, 2.75) is 77.1 Å². The van der Waals surface area contributed by atoms with Crippen molar-refractivity contribution in [1.82, 2.24) is 10.2 Å². The number of nitrogens with one attached hydrogen (secondary N) is 2. The van der Waals surface area contributed by atoms with Crippen LogP contribution >= 0.6 is 0 Å². The van der Waals surface area contributed by atoms with Crippen molar-refractivity contribution in [3.05, 3.63) is 65.7 Å². The molecule has 2 aromatic rings. The predicted octanol–water partition coefficient (Wildman–Crippen LogP) is 3.82. The van der Waals surface area contributed by atoms with Gasteiger partial charge in [-0.15, -0.1) is 0 Å².